The summed E-state index contributed by atoms with van der Waals surface area (Å²) >= 11 is 0. The molecule has 3 unspecified atom stereocenters. The van der Waals surface area contributed by atoms with Crippen LogP contribution in [0.3, 0.4) is 0 Å². The number of anilines is 2. The quantitative estimate of drug-likeness (QED) is 0.336. The van der Waals surface area contributed by atoms with Crippen molar-refractivity contribution in [3.63, 3.8) is 0 Å². The number of nitrogens with one attached hydrogen (secondary N) is 1. The molecule has 0 aromatic carbocycles. The van der Waals surface area contributed by atoms with Gasteiger partial charge in [0, 0.05) is 0 Å². The monoisotopic (exact) mass is 401 g/mol. The number of fused-ring (bicyclic) bond motifs is 3. The average molecular weight is 401 g/mol. The molecule has 3 heterocycles. The van der Waals surface area contributed by atoms with Gasteiger partial charge in [-0.05, 0) is 36.7 Å². The molecular weight excluding hydrogens is 378 g/mol. The topological polar surface area (TPSA) is 164 Å². The second-order valence-corrected chi connectivity index (χ2v) is 7.79. The maximum atomic E-state index is 10.3. The van der Waals surface area contributed by atoms with Gasteiger partial charge in [-0.3, -0.25) is 4.57 Å². The highest BCUT2D eigenvalue weighted by molar-refractivity contribution is 5.83. The predicted molar refractivity (Wildman–Crippen MR) is 104 cm³/mol. The minimum Gasteiger partial charge on any atom is -0.394 e. The largest absolute Gasteiger partial charge is 0.394 e. The summed E-state index contributed by atoms with van der Waals surface area (Å²) in [6.45, 7) is -0.419. The van der Waals surface area contributed by atoms with Crippen molar-refractivity contribution in [1.29, 1.82) is 0 Å². The summed E-state index contributed by atoms with van der Waals surface area (Å²) in [5.74, 6) is 1.60. The third-order valence-corrected chi connectivity index (χ3v) is 5.99. The number of aliphatic hydroxyl groups excluding tert-OH is 3. The van der Waals surface area contributed by atoms with Gasteiger partial charge in [0.25, 0.3) is 0 Å². The summed E-state index contributed by atoms with van der Waals surface area (Å²) in [6, 6.07) is 0. The fourth-order valence-electron chi connectivity index (χ4n) is 4.48. The fraction of sp³-hybridized carbons (Fsp3) is 0.556. The second-order valence-electron chi connectivity index (χ2n) is 7.79. The second kappa shape index (κ2) is 7.02. The van der Waals surface area contributed by atoms with Crippen LogP contribution in [0.1, 0.15) is 25.5 Å². The number of imidazole rings is 1. The number of aliphatic hydroxyl groups is 3. The number of aromatic nitrogens is 4. The lowest BCUT2D eigenvalue weighted by molar-refractivity contribution is -0.0511. The van der Waals surface area contributed by atoms with Gasteiger partial charge < -0.3 is 25.8 Å². The van der Waals surface area contributed by atoms with Crippen molar-refractivity contribution in [3.05, 3.63) is 18.0 Å². The number of rotatable bonds is 5. The van der Waals surface area contributed by atoms with Crippen LogP contribution < -0.4 is 11.2 Å². The van der Waals surface area contributed by atoms with Crippen LogP contribution in [0.4, 0.5) is 11.8 Å². The summed E-state index contributed by atoms with van der Waals surface area (Å²) in [5, 5.41) is 33.8. The van der Waals surface area contributed by atoms with Crippen LogP contribution >= 0.6 is 0 Å². The number of ether oxygens (including phenoxy) is 1. The Kier molecular flexibility index (Phi) is 4.46. The van der Waals surface area contributed by atoms with E-state index in [1.807, 2.05) is 0 Å². The van der Waals surface area contributed by atoms with E-state index in [0.717, 1.165) is 0 Å². The maximum Gasteiger partial charge on any atom is 0.247 e. The Hall–Kier alpha value is -2.60. The molecule has 5 rings (SSSR count). The van der Waals surface area contributed by atoms with Gasteiger partial charge in [0.15, 0.2) is 17.7 Å². The van der Waals surface area contributed by atoms with Gasteiger partial charge in [-0.25, -0.2) is 10.4 Å². The normalized spacial score (nSPS) is 33.8. The van der Waals surface area contributed by atoms with Crippen molar-refractivity contribution in [1.82, 2.24) is 19.5 Å². The van der Waals surface area contributed by atoms with E-state index >= 15 is 0 Å². The van der Waals surface area contributed by atoms with Crippen molar-refractivity contribution in [2.45, 2.75) is 43.8 Å². The van der Waals surface area contributed by atoms with Crippen LogP contribution in [-0.2, 0) is 4.74 Å². The van der Waals surface area contributed by atoms with Gasteiger partial charge in [0.05, 0.1) is 19.1 Å². The van der Waals surface area contributed by atoms with E-state index in [1.54, 1.807) is 6.21 Å². The van der Waals surface area contributed by atoms with Crippen molar-refractivity contribution in [2.24, 2.45) is 16.9 Å². The molecule has 29 heavy (non-hydrogen) atoms. The van der Waals surface area contributed by atoms with Gasteiger partial charge in [0.1, 0.15) is 23.8 Å². The lowest BCUT2D eigenvalue weighted by atomic mass is 10.00. The van der Waals surface area contributed by atoms with E-state index in [-0.39, 0.29) is 11.8 Å². The first kappa shape index (κ1) is 18.4. The van der Waals surface area contributed by atoms with Gasteiger partial charge in [0.2, 0.25) is 5.95 Å². The van der Waals surface area contributed by atoms with Gasteiger partial charge in [-0.1, -0.05) is 6.08 Å². The van der Waals surface area contributed by atoms with E-state index < -0.39 is 31.1 Å². The van der Waals surface area contributed by atoms with E-state index in [0.29, 0.717) is 23.0 Å². The average Bonchev–Trinajstić information content (AvgIpc) is 3.47. The number of nitrogens with two attached hydrogens (primary N) is 1. The predicted octanol–water partition coefficient (Wildman–Crippen LogP) is -0.226. The molecule has 1 aliphatic heterocycles. The van der Waals surface area contributed by atoms with Crippen molar-refractivity contribution in [3.8, 4) is 0 Å². The van der Waals surface area contributed by atoms with E-state index in [9.17, 15) is 15.3 Å². The van der Waals surface area contributed by atoms with Crippen LogP contribution in [-0.4, -0.2) is 66.0 Å². The molecule has 6 atom stereocenters. The maximum absolute atomic E-state index is 10.3. The Labute approximate surface area is 165 Å². The minimum atomic E-state index is -1.25. The molecule has 0 radical (unpaired) electrons. The third kappa shape index (κ3) is 3.06. The Bertz CT molecular complexity index is 990. The highest BCUT2D eigenvalue weighted by atomic mass is 16.6. The first-order valence-corrected chi connectivity index (χ1v) is 9.68. The molecule has 2 fully saturated rings. The summed E-state index contributed by atoms with van der Waals surface area (Å²) < 4.78 is 7.02. The van der Waals surface area contributed by atoms with Crippen LogP contribution in [0, 0.1) is 11.8 Å². The molecule has 1 saturated carbocycles. The third-order valence-electron chi connectivity index (χ3n) is 5.99. The zero-order valence-electron chi connectivity index (χ0n) is 15.6. The summed E-state index contributed by atoms with van der Waals surface area (Å²) in [5.41, 5.74) is 10.7. The number of hydrazone groups is 1. The molecule has 1 saturated heterocycles. The SMILES string of the molecule is Nc1nc(N/N=C/C2=CC3CCC2C3)nc2c1ncn2C1O[C@H](CO)[C@@H](O)[C@H]1O. The highest BCUT2D eigenvalue weighted by Gasteiger charge is 2.44. The molecule has 11 heteroatoms. The van der Waals surface area contributed by atoms with E-state index in [2.05, 4.69) is 31.6 Å². The first-order valence-electron chi connectivity index (χ1n) is 9.68. The Morgan fingerprint density at radius 1 is 1.31 bits per heavy atom. The Balaban J connectivity index is 1.40. The smallest absolute Gasteiger partial charge is 0.247 e. The molecule has 3 aliphatic rings. The zero-order chi connectivity index (χ0) is 20.1. The fourth-order valence-corrected chi connectivity index (χ4v) is 4.48. The molecule has 0 amide bonds. The highest BCUT2D eigenvalue weighted by Crippen LogP contribution is 2.42. The summed E-state index contributed by atoms with van der Waals surface area (Å²) in [4.78, 5) is 12.8. The van der Waals surface area contributed by atoms with Gasteiger partial charge in [-0.2, -0.15) is 15.1 Å². The summed E-state index contributed by atoms with van der Waals surface area (Å²) in [7, 11) is 0. The van der Waals surface area contributed by atoms with Crippen molar-refractivity contribution >= 4 is 29.1 Å². The molecule has 2 aliphatic carbocycles. The van der Waals surface area contributed by atoms with Crippen LogP contribution in [0.15, 0.2) is 23.1 Å². The lowest BCUT2D eigenvalue weighted by Gasteiger charge is -2.16. The standard InChI is InChI=1S/C18H23N7O4/c19-15-12-16(25(7-20-12)17-14(28)13(27)11(6-26)29-17)23-18(22-15)24-21-5-10-4-8-1-2-9(10)3-8/h4-5,7-9,11,13-14,17,26-28H,1-3,6H2,(H3,19,22,23,24)/b21-5+/t8?,9?,11-,13-,14-,17?/m1/s1. The van der Waals surface area contributed by atoms with Crippen molar-refractivity contribution < 1.29 is 20.1 Å². The molecule has 2 aromatic heterocycles. The number of nitrogen functional groups attached to an aromatic ring is 1. The van der Waals surface area contributed by atoms with Crippen molar-refractivity contribution in [2.75, 3.05) is 17.8 Å². The molecule has 154 valence electrons. The molecule has 0 spiro atoms. The zero-order valence-corrected chi connectivity index (χ0v) is 15.6. The van der Waals surface area contributed by atoms with E-state index in [1.165, 1.54) is 35.7 Å². The molecule has 11 nitrogen and oxygen atoms in total. The number of hydrogen-bond donors (Lipinski definition) is 5. The summed E-state index contributed by atoms with van der Waals surface area (Å²) in [6.07, 6.45) is 4.83. The Morgan fingerprint density at radius 2 is 2.17 bits per heavy atom. The van der Waals surface area contributed by atoms with Crippen LogP contribution in [0.5, 0.6) is 0 Å². The molecule has 6 N–H and O–H groups in total. The Morgan fingerprint density at radius 3 is 2.86 bits per heavy atom. The number of hydrogen-bond acceptors (Lipinski definition) is 10. The van der Waals surface area contributed by atoms with Gasteiger partial charge in [-0.15, -0.1) is 0 Å². The molecule has 2 bridgehead atoms. The minimum absolute atomic E-state index is 0.150. The van der Waals surface area contributed by atoms with Gasteiger partial charge >= 0.3 is 0 Å². The number of nitrogens with zero attached hydrogens (tertiary/aromatic N) is 5. The van der Waals surface area contributed by atoms with E-state index in [4.69, 9.17) is 10.5 Å². The van der Waals surface area contributed by atoms with Crippen LogP contribution in [0.2, 0.25) is 0 Å². The molecular formula is C18H23N7O4. The molecule has 2 aromatic rings. The number of allylic oxidation sites excluding steroid dienone is 2. The lowest BCUT2D eigenvalue weighted by Crippen LogP contribution is -2.33. The van der Waals surface area contributed by atoms with Crippen LogP contribution in [0.25, 0.3) is 11.2 Å². The first-order chi connectivity index (χ1) is 14.0.